The van der Waals surface area contributed by atoms with Crippen molar-refractivity contribution in [2.75, 3.05) is 5.32 Å². The van der Waals surface area contributed by atoms with Crippen LogP contribution in [0.4, 0.5) is 5.69 Å². The molecule has 0 atom stereocenters. The van der Waals surface area contributed by atoms with E-state index in [1.54, 1.807) is 30.5 Å². The van der Waals surface area contributed by atoms with Crippen molar-refractivity contribution in [3.63, 3.8) is 0 Å². The molecule has 2 aromatic carbocycles. The summed E-state index contributed by atoms with van der Waals surface area (Å²) in [7, 11) is 0. The monoisotopic (exact) mass is 373 g/mol. The SMILES string of the molecule is CC(C)c1ccccc1NC(=O)c1cccc(C(=O)NCc2ccccn2)c1. The number of amides is 2. The molecule has 3 rings (SSSR count). The van der Waals surface area contributed by atoms with Crippen LogP contribution in [-0.4, -0.2) is 16.8 Å². The molecule has 5 heteroatoms. The Balaban J connectivity index is 1.70. The van der Waals surface area contributed by atoms with Crippen molar-refractivity contribution in [1.29, 1.82) is 0 Å². The van der Waals surface area contributed by atoms with E-state index in [4.69, 9.17) is 0 Å². The number of hydrogen-bond acceptors (Lipinski definition) is 3. The molecule has 3 aromatic rings. The van der Waals surface area contributed by atoms with E-state index in [0.29, 0.717) is 23.6 Å². The zero-order chi connectivity index (χ0) is 19.9. The molecule has 0 unspecified atom stereocenters. The lowest BCUT2D eigenvalue weighted by Gasteiger charge is -2.14. The Morgan fingerprint density at radius 1 is 0.893 bits per heavy atom. The number of anilines is 1. The molecule has 0 saturated carbocycles. The number of carbonyl (C=O) groups excluding carboxylic acids is 2. The minimum Gasteiger partial charge on any atom is -0.346 e. The lowest BCUT2D eigenvalue weighted by Crippen LogP contribution is -2.23. The summed E-state index contributed by atoms with van der Waals surface area (Å²) >= 11 is 0. The lowest BCUT2D eigenvalue weighted by atomic mass is 10.0. The molecule has 5 nitrogen and oxygen atoms in total. The average molecular weight is 373 g/mol. The van der Waals surface area contributed by atoms with Gasteiger partial charge in [-0.15, -0.1) is 0 Å². The van der Waals surface area contributed by atoms with Gasteiger partial charge in [0.25, 0.3) is 11.8 Å². The van der Waals surface area contributed by atoms with Crippen molar-refractivity contribution in [3.8, 4) is 0 Å². The second-order valence-electron chi connectivity index (χ2n) is 6.78. The Hall–Kier alpha value is -3.47. The summed E-state index contributed by atoms with van der Waals surface area (Å²) in [6.07, 6.45) is 1.68. The highest BCUT2D eigenvalue weighted by molar-refractivity contribution is 6.06. The predicted octanol–water partition coefficient (Wildman–Crippen LogP) is 4.39. The van der Waals surface area contributed by atoms with E-state index in [2.05, 4.69) is 29.5 Å². The van der Waals surface area contributed by atoms with E-state index in [9.17, 15) is 9.59 Å². The normalized spacial score (nSPS) is 10.5. The van der Waals surface area contributed by atoms with E-state index < -0.39 is 0 Å². The third-order valence-corrected chi connectivity index (χ3v) is 4.37. The minimum absolute atomic E-state index is 0.243. The summed E-state index contributed by atoms with van der Waals surface area (Å²) in [5.41, 5.74) is 3.49. The summed E-state index contributed by atoms with van der Waals surface area (Å²) in [6.45, 7) is 4.49. The van der Waals surface area contributed by atoms with E-state index in [1.165, 1.54) is 0 Å². The molecule has 0 aliphatic rings. The van der Waals surface area contributed by atoms with Gasteiger partial charge in [-0.3, -0.25) is 14.6 Å². The van der Waals surface area contributed by atoms with Gasteiger partial charge in [0.2, 0.25) is 0 Å². The Labute approximate surface area is 164 Å². The lowest BCUT2D eigenvalue weighted by molar-refractivity contribution is 0.0950. The molecule has 1 heterocycles. The quantitative estimate of drug-likeness (QED) is 0.673. The maximum atomic E-state index is 12.7. The summed E-state index contributed by atoms with van der Waals surface area (Å²) in [4.78, 5) is 29.3. The van der Waals surface area contributed by atoms with Crippen LogP contribution in [-0.2, 0) is 6.54 Å². The first-order valence-electron chi connectivity index (χ1n) is 9.23. The summed E-state index contributed by atoms with van der Waals surface area (Å²) in [6, 6.07) is 20.0. The summed E-state index contributed by atoms with van der Waals surface area (Å²) in [5, 5.41) is 5.77. The first kappa shape index (κ1) is 19.3. The maximum Gasteiger partial charge on any atom is 0.255 e. The van der Waals surface area contributed by atoms with Crippen LogP contribution < -0.4 is 10.6 Å². The van der Waals surface area contributed by atoms with Gasteiger partial charge in [0.1, 0.15) is 0 Å². The van der Waals surface area contributed by atoms with Crippen molar-refractivity contribution in [2.24, 2.45) is 0 Å². The van der Waals surface area contributed by atoms with E-state index >= 15 is 0 Å². The maximum absolute atomic E-state index is 12.7. The van der Waals surface area contributed by atoms with Gasteiger partial charge in [0.15, 0.2) is 0 Å². The number of pyridine rings is 1. The fourth-order valence-corrected chi connectivity index (χ4v) is 2.89. The molecule has 0 aliphatic carbocycles. The molecule has 0 spiro atoms. The van der Waals surface area contributed by atoms with Gasteiger partial charge < -0.3 is 10.6 Å². The Morgan fingerprint density at radius 3 is 2.32 bits per heavy atom. The molecule has 2 N–H and O–H groups in total. The minimum atomic E-state index is -0.247. The number of carbonyl (C=O) groups is 2. The van der Waals surface area contributed by atoms with Crippen LogP contribution in [0.1, 0.15) is 51.7 Å². The zero-order valence-corrected chi connectivity index (χ0v) is 16.0. The number of rotatable bonds is 6. The molecule has 0 aliphatic heterocycles. The van der Waals surface area contributed by atoms with Crippen LogP contribution in [0.3, 0.4) is 0 Å². The van der Waals surface area contributed by atoms with E-state index in [0.717, 1.165) is 16.9 Å². The fraction of sp³-hybridized carbons (Fsp3) is 0.174. The van der Waals surface area contributed by atoms with Gasteiger partial charge in [0, 0.05) is 23.0 Å². The third kappa shape index (κ3) is 4.82. The molecule has 28 heavy (non-hydrogen) atoms. The third-order valence-electron chi connectivity index (χ3n) is 4.37. The van der Waals surface area contributed by atoms with Crippen LogP contribution in [0.2, 0.25) is 0 Å². The second-order valence-corrected chi connectivity index (χ2v) is 6.78. The van der Waals surface area contributed by atoms with Crippen molar-refractivity contribution in [2.45, 2.75) is 26.3 Å². The smallest absolute Gasteiger partial charge is 0.255 e. The number of benzene rings is 2. The van der Waals surface area contributed by atoms with Gasteiger partial charge in [-0.05, 0) is 47.9 Å². The highest BCUT2D eigenvalue weighted by Gasteiger charge is 2.13. The van der Waals surface area contributed by atoms with Crippen LogP contribution in [0, 0.1) is 0 Å². The van der Waals surface area contributed by atoms with Gasteiger partial charge in [-0.25, -0.2) is 0 Å². The van der Waals surface area contributed by atoms with E-state index in [-0.39, 0.29) is 11.8 Å². The van der Waals surface area contributed by atoms with Crippen LogP contribution in [0.25, 0.3) is 0 Å². The van der Waals surface area contributed by atoms with Crippen molar-refractivity contribution in [1.82, 2.24) is 10.3 Å². The Morgan fingerprint density at radius 2 is 1.61 bits per heavy atom. The topological polar surface area (TPSA) is 71.1 Å². The zero-order valence-electron chi connectivity index (χ0n) is 16.0. The number of para-hydroxylation sites is 1. The van der Waals surface area contributed by atoms with Crippen LogP contribution in [0.5, 0.6) is 0 Å². The number of nitrogens with zero attached hydrogens (tertiary/aromatic N) is 1. The number of aromatic nitrogens is 1. The molecule has 1 aromatic heterocycles. The largest absolute Gasteiger partial charge is 0.346 e. The molecule has 2 amide bonds. The molecule has 142 valence electrons. The summed E-state index contributed by atoms with van der Waals surface area (Å²) in [5.74, 6) is -0.199. The second kappa shape index (κ2) is 8.95. The molecule has 0 bridgehead atoms. The first-order chi connectivity index (χ1) is 13.5. The molecule has 0 saturated heterocycles. The Bertz CT molecular complexity index is 968. The van der Waals surface area contributed by atoms with Gasteiger partial charge >= 0.3 is 0 Å². The fourth-order valence-electron chi connectivity index (χ4n) is 2.89. The van der Waals surface area contributed by atoms with Crippen molar-refractivity contribution >= 4 is 17.5 Å². The van der Waals surface area contributed by atoms with Crippen molar-refractivity contribution < 1.29 is 9.59 Å². The summed E-state index contributed by atoms with van der Waals surface area (Å²) < 4.78 is 0. The van der Waals surface area contributed by atoms with Gasteiger partial charge in [-0.2, -0.15) is 0 Å². The number of hydrogen-bond donors (Lipinski definition) is 2. The van der Waals surface area contributed by atoms with Gasteiger partial charge in [-0.1, -0.05) is 44.2 Å². The van der Waals surface area contributed by atoms with E-state index in [1.807, 2.05) is 42.5 Å². The number of nitrogens with one attached hydrogen (secondary N) is 2. The molecule has 0 fully saturated rings. The first-order valence-corrected chi connectivity index (χ1v) is 9.23. The highest BCUT2D eigenvalue weighted by Crippen LogP contribution is 2.24. The average Bonchev–Trinajstić information content (AvgIpc) is 2.73. The van der Waals surface area contributed by atoms with Gasteiger partial charge in [0.05, 0.1) is 12.2 Å². The molecular formula is C23H23N3O2. The molecular weight excluding hydrogens is 350 g/mol. The molecule has 0 radical (unpaired) electrons. The van der Waals surface area contributed by atoms with Crippen LogP contribution >= 0.6 is 0 Å². The van der Waals surface area contributed by atoms with Crippen LogP contribution in [0.15, 0.2) is 72.9 Å². The highest BCUT2D eigenvalue weighted by atomic mass is 16.2. The predicted molar refractivity (Wildman–Crippen MR) is 110 cm³/mol. The Kier molecular flexibility index (Phi) is 6.17. The standard InChI is InChI=1S/C23H23N3O2/c1-16(2)20-11-3-4-12-21(20)26-23(28)18-9-7-8-17(14-18)22(27)25-15-19-10-5-6-13-24-19/h3-14,16H,15H2,1-2H3,(H,25,27)(H,26,28). The van der Waals surface area contributed by atoms with Crippen molar-refractivity contribution in [3.05, 3.63) is 95.3 Å².